The lowest BCUT2D eigenvalue weighted by molar-refractivity contribution is -0.120. The molecule has 0 aliphatic carbocycles. The van der Waals surface area contributed by atoms with Gasteiger partial charge in [0.1, 0.15) is 6.04 Å². The minimum atomic E-state index is -3.98. The SMILES string of the molecule is CCCC(C(=O)c1nc2ccccc2s1)C(C(NC(C)C)C(N)=O)S(=O)(=O)Cc1ccccc1. The molecule has 0 saturated carbocycles. The van der Waals surface area contributed by atoms with E-state index in [0.717, 1.165) is 4.70 Å². The Morgan fingerprint density at radius 2 is 1.71 bits per heavy atom. The predicted octanol–water partition coefficient (Wildman–Crippen LogP) is 3.73. The highest BCUT2D eigenvalue weighted by Gasteiger charge is 2.46. The van der Waals surface area contributed by atoms with E-state index in [1.807, 2.05) is 31.2 Å². The molecule has 1 amide bonds. The van der Waals surface area contributed by atoms with E-state index in [9.17, 15) is 18.0 Å². The molecular formula is C25H31N3O4S2. The number of hydrogen-bond donors (Lipinski definition) is 2. The van der Waals surface area contributed by atoms with E-state index in [1.165, 1.54) is 11.3 Å². The highest BCUT2D eigenvalue weighted by Crippen LogP contribution is 2.31. The lowest BCUT2D eigenvalue weighted by Crippen LogP contribution is -2.58. The van der Waals surface area contributed by atoms with E-state index in [1.54, 1.807) is 44.2 Å². The van der Waals surface area contributed by atoms with Gasteiger partial charge in [0.2, 0.25) is 5.91 Å². The van der Waals surface area contributed by atoms with Crippen LogP contribution in [-0.4, -0.2) is 42.4 Å². The van der Waals surface area contributed by atoms with Crippen LogP contribution in [0.3, 0.4) is 0 Å². The summed E-state index contributed by atoms with van der Waals surface area (Å²) >= 11 is 1.23. The van der Waals surface area contributed by atoms with Crippen molar-refractivity contribution >= 4 is 43.1 Å². The fraction of sp³-hybridized carbons (Fsp3) is 0.400. The number of sulfone groups is 1. The molecule has 9 heteroatoms. The van der Waals surface area contributed by atoms with E-state index in [4.69, 9.17) is 5.73 Å². The minimum absolute atomic E-state index is 0.216. The zero-order chi connectivity index (χ0) is 24.9. The van der Waals surface area contributed by atoms with Crippen molar-refractivity contribution in [2.75, 3.05) is 0 Å². The lowest BCUT2D eigenvalue weighted by atomic mass is 9.90. The normalized spacial score (nSPS) is 14.7. The number of Topliss-reactive ketones (excluding diaryl/α,β-unsaturated/α-hetero) is 1. The van der Waals surface area contributed by atoms with Crippen molar-refractivity contribution in [3.05, 3.63) is 65.2 Å². The van der Waals surface area contributed by atoms with Gasteiger partial charge in [-0.15, -0.1) is 11.3 Å². The van der Waals surface area contributed by atoms with Crippen LogP contribution in [0.15, 0.2) is 54.6 Å². The molecule has 3 rings (SSSR count). The molecule has 3 aromatic rings. The van der Waals surface area contributed by atoms with Gasteiger partial charge < -0.3 is 11.1 Å². The van der Waals surface area contributed by atoms with E-state index in [-0.39, 0.29) is 29.0 Å². The number of para-hydroxylation sites is 1. The smallest absolute Gasteiger partial charge is 0.235 e. The number of benzene rings is 2. The van der Waals surface area contributed by atoms with Crippen molar-refractivity contribution in [1.29, 1.82) is 0 Å². The number of nitrogens with two attached hydrogens (primary N) is 1. The Morgan fingerprint density at radius 3 is 2.29 bits per heavy atom. The Morgan fingerprint density at radius 1 is 1.06 bits per heavy atom. The number of nitrogens with one attached hydrogen (secondary N) is 1. The van der Waals surface area contributed by atoms with Gasteiger partial charge in [0.15, 0.2) is 20.6 Å². The molecule has 34 heavy (non-hydrogen) atoms. The van der Waals surface area contributed by atoms with Crippen LogP contribution in [0.25, 0.3) is 10.2 Å². The molecule has 0 spiro atoms. The van der Waals surface area contributed by atoms with Crippen molar-refractivity contribution < 1.29 is 18.0 Å². The summed E-state index contributed by atoms with van der Waals surface area (Å²) in [6, 6.07) is 14.7. The van der Waals surface area contributed by atoms with Gasteiger partial charge in [0.05, 0.1) is 21.2 Å². The third-order valence-corrected chi connectivity index (χ3v) is 8.83. The van der Waals surface area contributed by atoms with Crippen molar-refractivity contribution in [2.24, 2.45) is 11.7 Å². The Bertz CT molecular complexity index is 1210. The topological polar surface area (TPSA) is 119 Å². The Balaban J connectivity index is 2.11. The first kappa shape index (κ1) is 26.0. The average molecular weight is 502 g/mol. The van der Waals surface area contributed by atoms with Gasteiger partial charge in [0, 0.05) is 12.0 Å². The monoisotopic (exact) mass is 501 g/mol. The number of rotatable bonds is 12. The fourth-order valence-corrected chi connectivity index (χ4v) is 7.39. The van der Waals surface area contributed by atoms with Gasteiger partial charge in [-0.3, -0.25) is 9.59 Å². The van der Waals surface area contributed by atoms with Crippen LogP contribution in [0, 0.1) is 5.92 Å². The zero-order valence-corrected chi connectivity index (χ0v) is 21.2. The summed E-state index contributed by atoms with van der Waals surface area (Å²) in [4.78, 5) is 30.8. The molecule has 3 unspecified atom stereocenters. The standard InChI is InChI=1S/C25H31N3O4S2/c1-4-10-18(22(29)25-28-19-13-8-9-14-20(19)33-25)23(21(24(26)30)27-16(2)3)34(31,32)15-17-11-6-5-7-12-17/h5-9,11-14,16,18,21,23,27H,4,10,15H2,1-3H3,(H2,26,30). The van der Waals surface area contributed by atoms with Crippen molar-refractivity contribution in [1.82, 2.24) is 10.3 Å². The molecule has 3 N–H and O–H groups in total. The summed E-state index contributed by atoms with van der Waals surface area (Å²) in [6.07, 6.45) is 0.850. The highest BCUT2D eigenvalue weighted by atomic mass is 32.2. The molecule has 0 radical (unpaired) electrons. The van der Waals surface area contributed by atoms with Crippen molar-refractivity contribution in [3.63, 3.8) is 0 Å². The molecule has 0 aliphatic heterocycles. The van der Waals surface area contributed by atoms with E-state index in [2.05, 4.69) is 10.3 Å². The van der Waals surface area contributed by atoms with E-state index >= 15 is 0 Å². The number of primary amides is 1. The number of aromatic nitrogens is 1. The Labute approximate surface area is 204 Å². The molecule has 1 aromatic heterocycles. The average Bonchev–Trinajstić information content (AvgIpc) is 3.22. The third kappa shape index (κ3) is 6.08. The zero-order valence-electron chi connectivity index (χ0n) is 19.6. The van der Waals surface area contributed by atoms with Gasteiger partial charge >= 0.3 is 0 Å². The first-order chi connectivity index (χ1) is 16.1. The second-order valence-corrected chi connectivity index (χ2v) is 11.9. The molecular weight excluding hydrogens is 470 g/mol. The van der Waals surface area contributed by atoms with Gasteiger partial charge in [-0.2, -0.15) is 0 Å². The summed E-state index contributed by atoms with van der Waals surface area (Å²) in [5, 5.41) is 1.94. The van der Waals surface area contributed by atoms with Crippen LogP contribution in [0.1, 0.15) is 49.0 Å². The summed E-state index contributed by atoms with van der Waals surface area (Å²) in [5.41, 5.74) is 6.99. The summed E-state index contributed by atoms with van der Waals surface area (Å²) in [5.74, 6) is -2.44. The predicted molar refractivity (Wildman–Crippen MR) is 136 cm³/mol. The summed E-state index contributed by atoms with van der Waals surface area (Å²) in [6.45, 7) is 5.50. The largest absolute Gasteiger partial charge is 0.368 e. The molecule has 0 aliphatic rings. The number of carbonyl (C=O) groups is 2. The van der Waals surface area contributed by atoms with Gasteiger partial charge in [0.25, 0.3) is 0 Å². The van der Waals surface area contributed by atoms with Gasteiger partial charge in [-0.1, -0.05) is 69.7 Å². The van der Waals surface area contributed by atoms with Crippen molar-refractivity contribution in [2.45, 2.75) is 56.7 Å². The Hall–Kier alpha value is -2.62. The number of nitrogens with zero attached hydrogens (tertiary/aromatic N) is 1. The first-order valence-electron chi connectivity index (χ1n) is 11.3. The quantitative estimate of drug-likeness (QED) is 0.365. The number of carbonyl (C=O) groups excluding carboxylic acids is 2. The summed E-state index contributed by atoms with van der Waals surface area (Å²) in [7, 11) is -3.98. The van der Waals surface area contributed by atoms with Crippen LogP contribution in [0.5, 0.6) is 0 Å². The lowest BCUT2D eigenvalue weighted by Gasteiger charge is -2.32. The molecule has 3 atom stereocenters. The summed E-state index contributed by atoms with van der Waals surface area (Å²) < 4.78 is 28.5. The number of ketones is 1. The van der Waals surface area contributed by atoms with Gasteiger partial charge in [-0.05, 0) is 24.1 Å². The van der Waals surface area contributed by atoms with Crippen LogP contribution in [0.4, 0.5) is 0 Å². The number of amides is 1. The number of hydrogen-bond acceptors (Lipinski definition) is 7. The molecule has 7 nitrogen and oxygen atoms in total. The molecule has 2 aromatic carbocycles. The number of fused-ring (bicyclic) bond motifs is 1. The Kier molecular flexibility index (Phi) is 8.57. The maximum Gasteiger partial charge on any atom is 0.235 e. The fourth-order valence-electron chi connectivity index (χ4n) is 4.18. The van der Waals surface area contributed by atoms with E-state index in [0.29, 0.717) is 17.5 Å². The van der Waals surface area contributed by atoms with Crippen LogP contribution in [-0.2, 0) is 20.4 Å². The maximum absolute atomic E-state index is 13.8. The second-order valence-electron chi connectivity index (χ2n) is 8.70. The minimum Gasteiger partial charge on any atom is -0.368 e. The van der Waals surface area contributed by atoms with Crippen molar-refractivity contribution in [3.8, 4) is 0 Å². The van der Waals surface area contributed by atoms with Crippen LogP contribution >= 0.6 is 11.3 Å². The molecule has 0 fully saturated rings. The molecule has 1 heterocycles. The second kappa shape index (κ2) is 11.2. The third-order valence-electron chi connectivity index (χ3n) is 5.61. The highest BCUT2D eigenvalue weighted by molar-refractivity contribution is 7.91. The molecule has 0 bridgehead atoms. The maximum atomic E-state index is 13.8. The number of thiazole rings is 1. The molecule has 182 valence electrons. The van der Waals surface area contributed by atoms with E-state index < -0.39 is 33.0 Å². The molecule has 0 saturated heterocycles. The van der Waals surface area contributed by atoms with Crippen LogP contribution in [0.2, 0.25) is 0 Å². The van der Waals surface area contributed by atoms with Gasteiger partial charge in [-0.25, -0.2) is 13.4 Å². The first-order valence-corrected chi connectivity index (χ1v) is 13.9. The van der Waals surface area contributed by atoms with Crippen LogP contribution < -0.4 is 11.1 Å².